The summed E-state index contributed by atoms with van der Waals surface area (Å²) >= 11 is 1.41. The second-order valence-electron chi connectivity index (χ2n) is 6.16. The average molecular weight is 324 g/mol. The summed E-state index contributed by atoms with van der Waals surface area (Å²) in [7, 11) is 0. The molecule has 6 heteroatoms. The van der Waals surface area contributed by atoms with Gasteiger partial charge in [-0.05, 0) is 24.3 Å². The van der Waals surface area contributed by atoms with Crippen molar-refractivity contribution < 1.29 is 14.6 Å². The van der Waals surface area contributed by atoms with Crippen molar-refractivity contribution in [3.05, 3.63) is 22.4 Å². The van der Waals surface area contributed by atoms with Crippen molar-refractivity contribution in [3.8, 4) is 0 Å². The van der Waals surface area contributed by atoms with Crippen molar-refractivity contribution in [3.63, 3.8) is 0 Å². The first-order chi connectivity index (χ1) is 10.7. The van der Waals surface area contributed by atoms with Gasteiger partial charge in [-0.25, -0.2) is 0 Å². The standard InChI is InChI=1S/C16H24N2O3S/c19-15-12(18-11-5-2-1-3-6-11)10-21-13(15)9-17-16(20)14-7-4-8-22-14/h4,7-8,11-13,15,18-19H,1-3,5-6,9-10H2,(H,17,20). The number of nitrogens with one attached hydrogen (secondary N) is 2. The number of hydrogen-bond acceptors (Lipinski definition) is 5. The Morgan fingerprint density at radius 3 is 2.91 bits per heavy atom. The molecule has 0 radical (unpaired) electrons. The molecule has 0 spiro atoms. The van der Waals surface area contributed by atoms with Crippen LogP contribution in [0.25, 0.3) is 0 Å². The van der Waals surface area contributed by atoms with Crippen molar-refractivity contribution in [2.24, 2.45) is 0 Å². The Kier molecular flexibility index (Phi) is 5.46. The van der Waals surface area contributed by atoms with Crippen molar-refractivity contribution in [2.75, 3.05) is 13.2 Å². The summed E-state index contributed by atoms with van der Waals surface area (Å²) in [5.41, 5.74) is 0. The number of thiophene rings is 1. The highest BCUT2D eigenvalue weighted by molar-refractivity contribution is 7.12. The molecule has 1 saturated heterocycles. The molecule has 3 unspecified atom stereocenters. The molecule has 0 aromatic carbocycles. The third kappa shape index (κ3) is 3.87. The fourth-order valence-corrected chi connectivity index (χ4v) is 3.91. The number of ether oxygens (including phenoxy) is 1. The van der Waals surface area contributed by atoms with E-state index in [2.05, 4.69) is 10.6 Å². The Bertz CT molecular complexity index is 474. The fraction of sp³-hybridized carbons (Fsp3) is 0.688. The van der Waals surface area contributed by atoms with Gasteiger partial charge in [-0.15, -0.1) is 11.3 Å². The molecule has 2 heterocycles. The van der Waals surface area contributed by atoms with E-state index in [0.29, 0.717) is 24.1 Å². The van der Waals surface area contributed by atoms with Gasteiger partial charge in [-0.1, -0.05) is 25.3 Å². The minimum Gasteiger partial charge on any atom is -0.389 e. The first-order valence-electron chi connectivity index (χ1n) is 8.11. The molecule has 1 saturated carbocycles. The van der Waals surface area contributed by atoms with Crippen molar-refractivity contribution >= 4 is 17.2 Å². The Hall–Kier alpha value is -0.950. The molecule has 3 atom stereocenters. The monoisotopic (exact) mass is 324 g/mol. The first-order valence-corrected chi connectivity index (χ1v) is 8.99. The van der Waals surface area contributed by atoms with Crippen LogP contribution in [0, 0.1) is 0 Å². The number of rotatable bonds is 5. The predicted octanol–water partition coefficient (Wildman–Crippen LogP) is 1.53. The zero-order chi connectivity index (χ0) is 15.4. The summed E-state index contributed by atoms with van der Waals surface area (Å²) in [5.74, 6) is -0.102. The summed E-state index contributed by atoms with van der Waals surface area (Å²) in [6, 6.07) is 4.12. The van der Waals surface area contributed by atoms with Crippen LogP contribution in [0.15, 0.2) is 17.5 Å². The minimum atomic E-state index is -0.564. The second kappa shape index (κ2) is 7.55. The molecule has 2 aliphatic rings. The largest absolute Gasteiger partial charge is 0.389 e. The summed E-state index contributed by atoms with van der Waals surface area (Å²) in [5, 5.41) is 18.6. The Morgan fingerprint density at radius 2 is 2.18 bits per heavy atom. The normalized spacial score (nSPS) is 29.6. The van der Waals surface area contributed by atoms with E-state index < -0.39 is 6.10 Å². The van der Waals surface area contributed by atoms with Crippen LogP contribution >= 0.6 is 11.3 Å². The maximum atomic E-state index is 11.9. The van der Waals surface area contributed by atoms with Crippen molar-refractivity contribution in [1.82, 2.24) is 10.6 Å². The van der Waals surface area contributed by atoms with Gasteiger partial charge in [0.05, 0.1) is 23.6 Å². The summed E-state index contributed by atoms with van der Waals surface area (Å²) in [4.78, 5) is 12.6. The quantitative estimate of drug-likeness (QED) is 0.768. The van der Waals surface area contributed by atoms with Crippen LogP contribution in [0.1, 0.15) is 41.8 Å². The van der Waals surface area contributed by atoms with E-state index in [4.69, 9.17) is 4.74 Å². The van der Waals surface area contributed by atoms with Crippen LogP contribution in [-0.2, 0) is 4.74 Å². The number of aliphatic hydroxyl groups is 1. The van der Waals surface area contributed by atoms with E-state index in [9.17, 15) is 9.90 Å². The number of amides is 1. The predicted molar refractivity (Wildman–Crippen MR) is 86.2 cm³/mol. The van der Waals surface area contributed by atoms with Gasteiger partial charge in [-0.2, -0.15) is 0 Å². The number of carbonyl (C=O) groups is 1. The lowest BCUT2D eigenvalue weighted by molar-refractivity contribution is 0.0395. The zero-order valence-corrected chi connectivity index (χ0v) is 13.5. The van der Waals surface area contributed by atoms with Crippen LogP contribution in [0.3, 0.4) is 0 Å². The lowest BCUT2D eigenvalue weighted by Crippen LogP contribution is -2.48. The lowest BCUT2D eigenvalue weighted by Gasteiger charge is -2.27. The van der Waals surface area contributed by atoms with E-state index in [1.807, 2.05) is 11.4 Å². The maximum Gasteiger partial charge on any atom is 0.261 e. The van der Waals surface area contributed by atoms with Gasteiger partial charge in [0.15, 0.2) is 0 Å². The van der Waals surface area contributed by atoms with Crippen molar-refractivity contribution in [1.29, 1.82) is 0 Å². The SMILES string of the molecule is O=C(NCC1OCC(NC2CCCCC2)C1O)c1cccs1. The van der Waals surface area contributed by atoms with Gasteiger partial charge in [0.25, 0.3) is 5.91 Å². The Balaban J connectivity index is 1.44. The molecule has 1 aromatic rings. The van der Waals surface area contributed by atoms with Crippen molar-refractivity contribution in [2.45, 2.75) is 56.4 Å². The average Bonchev–Trinajstić information content (AvgIpc) is 3.18. The molecule has 122 valence electrons. The van der Waals surface area contributed by atoms with Gasteiger partial charge in [-0.3, -0.25) is 4.79 Å². The molecule has 22 heavy (non-hydrogen) atoms. The van der Waals surface area contributed by atoms with E-state index in [0.717, 1.165) is 0 Å². The first kappa shape index (κ1) is 15.9. The summed E-state index contributed by atoms with van der Waals surface area (Å²) in [6.07, 6.45) is 5.32. The molecular formula is C16H24N2O3S. The summed E-state index contributed by atoms with van der Waals surface area (Å²) < 4.78 is 5.66. The van der Waals surface area contributed by atoms with Gasteiger partial charge in [0.2, 0.25) is 0 Å². The molecule has 3 N–H and O–H groups in total. The fourth-order valence-electron chi connectivity index (χ4n) is 3.27. The van der Waals surface area contributed by atoms with E-state index in [1.165, 1.54) is 43.4 Å². The van der Waals surface area contributed by atoms with E-state index in [-0.39, 0.29) is 18.1 Å². The highest BCUT2D eigenvalue weighted by Gasteiger charge is 2.37. The topological polar surface area (TPSA) is 70.6 Å². The van der Waals surface area contributed by atoms with Gasteiger partial charge in [0, 0.05) is 12.6 Å². The third-order valence-corrected chi connectivity index (χ3v) is 5.42. The summed E-state index contributed by atoms with van der Waals surface area (Å²) in [6.45, 7) is 0.859. The van der Waals surface area contributed by atoms with Gasteiger partial charge < -0.3 is 20.5 Å². The van der Waals surface area contributed by atoms with Gasteiger partial charge in [0.1, 0.15) is 6.10 Å². The lowest BCUT2D eigenvalue weighted by atomic mass is 9.94. The molecule has 1 aliphatic carbocycles. The number of aliphatic hydroxyl groups excluding tert-OH is 1. The molecule has 1 amide bonds. The minimum absolute atomic E-state index is 0.0215. The highest BCUT2D eigenvalue weighted by atomic mass is 32.1. The molecule has 0 bridgehead atoms. The molecule has 1 aromatic heterocycles. The highest BCUT2D eigenvalue weighted by Crippen LogP contribution is 2.21. The Morgan fingerprint density at radius 1 is 1.36 bits per heavy atom. The molecule has 1 aliphatic heterocycles. The van der Waals surface area contributed by atoms with Gasteiger partial charge >= 0.3 is 0 Å². The van der Waals surface area contributed by atoms with Crippen LogP contribution in [0.4, 0.5) is 0 Å². The Labute approximate surface area is 135 Å². The maximum absolute atomic E-state index is 11.9. The molecule has 3 rings (SSSR count). The molecule has 2 fully saturated rings. The number of hydrogen-bond donors (Lipinski definition) is 3. The number of carbonyl (C=O) groups excluding carboxylic acids is 1. The van der Waals surface area contributed by atoms with E-state index in [1.54, 1.807) is 6.07 Å². The van der Waals surface area contributed by atoms with Crippen LogP contribution in [0.2, 0.25) is 0 Å². The molecular weight excluding hydrogens is 300 g/mol. The third-order valence-electron chi connectivity index (χ3n) is 4.55. The van der Waals surface area contributed by atoms with Crippen LogP contribution < -0.4 is 10.6 Å². The molecule has 5 nitrogen and oxygen atoms in total. The van der Waals surface area contributed by atoms with E-state index >= 15 is 0 Å². The van der Waals surface area contributed by atoms with Crippen LogP contribution in [-0.4, -0.2) is 48.5 Å². The second-order valence-corrected chi connectivity index (χ2v) is 7.11. The zero-order valence-electron chi connectivity index (χ0n) is 12.7. The smallest absolute Gasteiger partial charge is 0.261 e. The van der Waals surface area contributed by atoms with Crippen LogP contribution in [0.5, 0.6) is 0 Å².